The Labute approximate surface area is 171 Å². The molecule has 0 unspecified atom stereocenters. The van der Waals surface area contributed by atoms with Gasteiger partial charge < -0.3 is 14.6 Å². The number of nitro benzene ring substituents is 1. The molecule has 1 aliphatic rings. The molecule has 1 saturated heterocycles. The zero-order valence-electron chi connectivity index (χ0n) is 15.5. The Morgan fingerprint density at radius 3 is 2.62 bits per heavy atom. The maximum absolute atomic E-state index is 12.1. The monoisotopic (exact) mass is 421 g/mol. The number of amides is 3. The molecule has 0 saturated carbocycles. The van der Waals surface area contributed by atoms with Crippen LogP contribution in [0.5, 0.6) is 0 Å². The molecule has 0 aliphatic carbocycles. The summed E-state index contributed by atoms with van der Waals surface area (Å²) in [5, 5.41) is 16.4. The van der Waals surface area contributed by atoms with E-state index in [9.17, 15) is 19.7 Å². The van der Waals surface area contributed by atoms with Crippen molar-refractivity contribution in [1.82, 2.24) is 15.5 Å². The number of rotatable bonds is 6. The molecule has 1 aliphatic heterocycles. The van der Waals surface area contributed by atoms with E-state index in [0.29, 0.717) is 42.6 Å². The molecule has 1 aromatic heterocycles. The third kappa shape index (κ3) is 5.69. The van der Waals surface area contributed by atoms with Crippen molar-refractivity contribution < 1.29 is 18.9 Å². The van der Waals surface area contributed by atoms with Crippen molar-refractivity contribution >= 4 is 34.9 Å². The van der Waals surface area contributed by atoms with Crippen LogP contribution in [0.3, 0.4) is 0 Å². The lowest BCUT2D eigenvalue weighted by Gasteiger charge is -2.35. The van der Waals surface area contributed by atoms with Gasteiger partial charge in [0.05, 0.1) is 24.3 Å². The molecule has 1 aromatic carbocycles. The Morgan fingerprint density at radius 2 is 1.97 bits per heavy atom. The number of piperazine rings is 1. The van der Waals surface area contributed by atoms with Gasteiger partial charge in [0, 0.05) is 37.3 Å². The molecule has 0 atom stereocenters. The second-order valence-corrected chi connectivity index (χ2v) is 6.90. The molecule has 2 heterocycles. The topological polar surface area (TPSA) is 121 Å². The summed E-state index contributed by atoms with van der Waals surface area (Å²) in [6, 6.07) is 7.40. The van der Waals surface area contributed by atoms with Gasteiger partial charge in [0.2, 0.25) is 5.91 Å². The summed E-state index contributed by atoms with van der Waals surface area (Å²) in [5.41, 5.74) is 0.456. The second kappa shape index (κ2) is 9.39. The van der Waals surface area contributed by atoms with E-state index in [4.69, 9.17) is 16.0 Å². The normalized spacial score (nSPS) is 14.4. The highest BCUT2D eigenvalue weighted by molar-refractivity contribution is 6.30. The van der Waals surface area contributed by atoms with E-state index in [1.807, 2.05) is 9.80 Å². The zero-order chi connectivity index (χ0) is 20.8. The largest absolute Gasteiger partial charge is 0.467 e. The molecule has 0 bridgehead atoms. The minimum absolute atomic E-state index is 0.0445. The van der Waals surface area contributed by atoms with Crippen LogP contribution < -0.4 is 15.5 Å². The number of nitro groups is 1. The lowest BCUT2D eigenvalue weighted by atomic mass is 10.2. The third-order valence-electron chi connectivity index (χ3n) is 4.47. The minimum atomic E-state index is -0.596. The van der Waals surface area contributed by atoms with Crippen LogP contribution in [0.15, 0.2) is 41.0 Å². The van der Waals surface area contributed by atoms with E-state index in [0.717, 1.165) is 0 Å². The van der Waals surface area contributed by atoms with Crippen LogP contribution in [-0.2, 0) is 11.3 Å². The molecule has 3 rings (SSSR count). The number of nitrogens with one attached hydrogen (secondary N) is 2. The molecule has 0 radical (unpaired) electrons. The molecular formula is C18H20ClN5O5. The average molecular weight is 422 g/mol. The summed E-state index contributed by atoms with van der Waals surface area (Å²) in [5.74, 6) is 0.160. The Bertz CT molecular complexity index is 881. The number of nitrogens with zero attached hydrogens (tertiary/aromatic N) is 3. The smallest absolute Gasteiger partial charge is 0.321 e. The number of hydrogen-bond acceptors (Lipinski definition) is 7. The van der Waals surface area contributed by atoms with Crippen molar-refractivity contribution in [3.8, 4) is 0 Å². The zero-order valence-corrected chi connectivity index (χ0v) is 16.2. The quantitative estimate of drug-likeness (QED) is 0.540. The maximum Gasteiger partial charge on any atom is 0.321 e. The fourth-order valence-corrected chi connectivity index (χ4v) is 3.22. The third-order valence-corrected chi connectivity index (χ3v) is 4.71. The first kappa shape index (κ1) is 20.6. The molecule has 154 valence electrons. The summed E-state index contributed by atoms with van der Waals surface area (Å²) in [6.07, 6.45) is 1.50. The first-order valence-corrected chi connectivity index (χ1v) is 9.31. The summed E-state index contributed by atoms with van der Waals surface area (Å²) in [4.78, 5) is 38.4. The predicted molar refractivity (Wildman–Crippen MR) is 106 cm³/mol. The van der Waals surface area contributed by atoms with Crippen LogP contribution in [-0.4, -0.2) is 54.5 Å². The van der Waals surface area contributed by atoms with Crippen LogP contribution in [0.4, 0.5) is 16.2 Å². The van der Waals surface area contributed by atoms with Crippen LogP contribution >= 0.6 is 11.6 Å². The molecule has 3 amide bonds. The highest BCUT2D eigenvalue weighted by atomic mass is 35.5. The number of imide groups is 1. The first-order valence-electron chi connectivity index (χ1n) is 8.93. The Balaban J connectivity index is 1.45. The van der Waals surface area contributed by atoms with E-state index in [2.05, 4.69) is 10.6 Å². The number of carbonyl (C=O) groups excluding carboxylic acids is 2. The molecule has 2 aromatic rings. The molecule has 1 fully saturated rings. The van der Waals surface area contributed by atoms with E-state index in [1.165, 1.54) is 12.3 Å². The van der Waals surface area contributed by atoms with Crippen LogP contribution in [0.1, 0.15) is 5.76 Å². The van der Waals surface area contributed by atoms with Gasteiger partial charge in [-0.05, 0) is 24.3 Å². The van der Waals surface area contributed by atoms with Crippen molar-refractivity contribution in [2.45, 2.75) is 6.54 Å². The van der Waals surface area contributed by atoms with Gasteiger partial charge in [-0.1, -0.05) is 11.6 Å². The molecule has 29 heavy (non-hydrogen) atoms. The minimum Gasteiger partial charge on any atom is -0.467 e. The SMILES string of the molecule is O=C(CN1CCN(c2ccc(Cl)cc2[N+](=O)[O-])CC1)NC(=O)NCc1ccco1. The molecule has 10 nitrogen and oxygen atoms in total. The van der Waals surface area contributed by atoms with Crippen molar-refractivity contribution in [3.63, 3.8) is 0 Å². The fraction of sp³-hybridized carbons (Fsp3) is 0.333. The average Bonchev–Trinajstić information content (AvgIpc) is 3.20. The van der Waals surface area contributed by atoms with Crippen molar-refractivity contribution in [1.29, 1.82) is 0 Å². The molecule has 2 N–H and O–H groups in total. The van der Waals surface area contributed by atoms with Gasteiger partial charge in [-0.15, -0.1) is 0 Å². The summed E-state index contributed by atoms with van der Waals surface area (Å²) >= 11 is 5.86. The van der Waals surface area contributed by atoms with Crippen LogP contribution in [0.2, 0.25) is 5.02 Å². The lowest BCUT2D eigenvalue weighted by molar-refractivity contribution is -0.384. The second-order valence-electron chi connectivity index (χ2n) is 6.46. The molecule has 0 spiro atoms. The number of hydrogen-bond donors (Lipinski definition) is 2. The van der Waals surface area contributed by atoms with Gasteiger partial charge in [0.1, 0.15) is 11.4 Å². The number of benzene rings is 1. The number of carbonyl (C=O) groups is 2. The van der Waals surface area contributed by atoms with Crippen LogP contribution in [0, 0.1) is 10.1 Å². The summed E-state index contributed by atoms with van der Waals surface area (Å²) < 4.78 is 5.10. The number of halogens is 1. The van der Waals surface area contributed by atoms with Gasteiger partial charge in [-0.25, -0.2) is 4.79 Å². The van der Waals surface area contributed by atoms with E-state index >= 15 is 0 Å². The first-order chi connectivity index (χ1) is 13.9. The van der Waals surface area contributed by atoms with Crippen LogP contribution in [0.25, 0.3) is 0 Å². The number of urea groups is 1. The molecule has 11 heteroatoms. The van der Waals surface area contributed by atoms with E-state index < -0.39 is 16.9 Å². The van der Waals surface area contributed by atoms with Crippen molar-refractivity contribution in [2.24, 2.45) is 0 Å². The van der Waals surface area contributed by atoms with Gasteiger partial charge >= 0.3 is 6.03 Å². The van der Waals surface area contributed by atoms with Gasteiger partial charge in [0.25, 0.3) is 5.69 Å². The van der Waals surface area contributed by atoms with Gasteiger partial charge in [-0.3, -0.25) is 25.1 Å². The number of anilines is 1. The highest BCUT2D eigenvalue weighted by Gasteiger charge is 2.25. The van der Waals surface area contributed by atoms with Gasteiger partial charge in [0.15, 0.2) is 0 Å². The summed E-state index contributed by atoms with van der Waals surface area (Å²) in [6.45, 7) is 2.33. The van der Waals surface area contributed by atoms with Crippen molar-refractivity contribution in [2.75, 3.05) is 37.6 Å². The summed E-state index contributed by atoms with van der Waals surface area (Å²) in [7, 11) is 0. The lowest BCUT2D eigenvalue weighted by Crippen LogP contribution is -2.51. The van der Waals surface area contributed by atoms with Gasteiger partial charge in [-0.2, -0.15) is 0 Å². The Kier molecular flexibility index (Phi) is 6.68. The van der Waals surface area contributed by atoms with Crippen molar-refractivity contribution in [3.05, 3.63) is 57.5 Å². The standard InChI is InChI=1S/C18H20ClN5O5/c19-13-3-4-15(16(10-13)24(27)28)23-7-5-22(6-8-23)12-17(25)21-18(26)20-11-14-2-1-9-29-14/h1-4,9-10H,5-8,11-12H2,(H2,20,21,25,26). The number of furan rings is 1. The van der Waals surface area contributed by atoms with E-state index in [1.54, 1.807) is 24.3 Å². The Hall–Kier alpha value is -3.11. The highest BCUT2D eigenvalue weighted by Crippen LogP contribution is 2.31. The Morgan fingerprint density at radius 1 is 1.21 bits per heavy atom. The fourth-order valence-electron chi connectivity index (χ4n) is 3.05. The van der Waals surface area contributed by atoms with E-state index in [-0.39, 0.29) is 18.8 Å². The maximum atomic E-state index is 12.1. The molecular weight excluding hydrogens is 402 g/mol. The predicted octanol–water partition coefficient (Wildman–Crippen LogP) is 1.99.